The molecule has 92 heavy (non-hydrogen) atoms. The molecule has 0 radical (unpaired) electrons. The summed E-state index contributed by atoms with van der Waals surface area (Å²) in [4.78, 5) is 72.6. The van der Waals surface area contributed by atoms with Crippen molar-refractivity contribution >= 4 is 39.5 Å². The molecule has 0 aliphatic heterocycles. The number of aliphatic hydroxyl groups excluding tert-OH is 1. The largest absolute Gasteiger partial charge is 0.472 e. The van der Waals surface area contributed by atoms with Crippen LogP contribution in [0, 0.1) is 23.7 Å². The summed E-state index contributed by atoms with van der Waals surface area (Å²) in [5.74, 6) is 0.816. The van der Waals surface area contributed by atoms with E-state index in [0.29, 0.717) is 37.5 Å². The second-order valence-electron chi connectivity index (χ2n) is 28.2. The van der Waals surface area contributed by atoms with E-state index in [4.69, 9.17) is 37.0 Å². The molecule has 0 aliphatic carbocycles. The summed E-state index contributed by atoms with van der Waals surface area (Å²) < 4.78 is 68.3. The number of carbonyl (C=O) groups is 4. The van der Waals surface area contributed by atoms with E-state index in [0.717, 1.165) is 115 Å². The number of aliphatic hydroxyl groups is 1. The fourth-order valence-electron chi connectivity index (χ4n) is 11.0. The Labute approximate surface area is 562 Å². The first-order valence-electron chi connectivity index (χ1n) is 37.7. The molecule has 0 bridgehead atoms. The molecule has 0 amide bonds. The molecule has 0 spiro atoms. The van der Waals surface area contributed by atoms with Crippen LogP contribution in [0.15, 0.2) is 0 Å². The van der Waals surface area contributed by atoms with Gasteiger partial charge in [0.1, 0.15) is 19.3 Å². The minimum atomic E-state index is -4.95. The predicted octanol–water partition coefficient (Wildman–Crippen LogP) is 20.9. The van der Waals surface area contributed by atoms with Crippen LogP contribution in [-0.4, -0.2) is 96.7 Å². The molecule has 0 aromatic carbocycles. The second kappa shape index (κ2) is 62.6. The topological polar surface area (TPSA) is 237 Å². The number of hydrogen-bond donors (Lipinski definition) is 3. The Hall–Kier alpha value is -1.94. The van der Waals surface area contributed by atoms with E-state index >= 15 is 0 Å². The SMILES string of the molecule is CC(C)CCCCCCCCCCCCCCCCCCC(=O)O[C@H](COC(=O)CCCCCCCCC(C)C)COP(=O)(O)OCC(O)COP(=O)(O)OC[C@@H](COC(=O)CCCCCCCCC(C)C)OC(=O)CCCCCCCCCCCCCCC(C)C. The summed E-state index contributed by atoms with van der Waals surface area (Å²) in [6, 6.07) is 0. The van der Waals surface area contributed by atoms with Crippen molar-refractivity contribution in [3.63, 3.8) is 0 Å². The molecule has 0 aliphatic rings. The minimum Gasteiger partial charge on any atom is -0.462 e. The van der Waals surface area contributed by atoms with Gasteiger partial charge in [0.15, 0.2) is 12.2 Å². The van der Waals surface area contributed by atoms with Gasteiger partial charge in [0.2, 0.25) is 0 Å². The van der Waals surface area contributed by atoms with Gasteiger partial charge in [-0.2, -0.15) is 0 Å². The maximum Gasteiger partial charge on any atom is 0.472 e. The molecule has 0 saturated carbocycles. The van der Waals surface area contributed by atoms with Crippen LogP contribution in [0.1, 0.15) is 364 Å². The molecular formula is C73H142O17P2. The van der Waals surface area contributed by atoms with Crippen molar-refractivity contribution in [2.45, 2.75) is 382 Å². The first kappa shape index (κ1) is 90.1. The summed E-state index contributed by atoms with van der Waals surface area (Å²) in [5, 5.41) is 10.6. The standard InChI is InChI=1S/C73H142O17P2/c1-63(2)49-41-33-25-21-17-13-11-9-10-12-14-19-23-27-39-47-55-72(77)89-68(59-83-70(75)53-45-37-31-29-35-43-51-65(5)6)61-87-91(79,80)85-57-67(74)58-86-92(81,82)88-62-69(60-84-71(76)54-46-38-32-30-36-44-52-66(7)8)90-73(78)56-48-40-28-24-20-16-15-18-22-26-34-42-50-64(3)4/h63-69,74H,9-62H2,1-8H3,(H,79,80)(H,81,82)/t67?,68-,69-/m1/s1. The Morgan fingerprint density at radius 1 is 0.272 bits per heavy atom. The third kappa shape index (κ3) is 66.7. The normalized spacial score (nSPS) is 14.2. The molecule has 0 fully saturated rings. The zero-order chi connectivity index (χ0) is 68.2. The number of unbranched alkanes of at least 4 members (excludes halogenated alkanes) is 36. The van der Waals surface area contributed by atoms with Crippen molar-refractivity contribution in [3.8, 4) is 0 Å². The highest BCUT2D eigenvalue weighted by Gasteiger charge is 2.30. The van der Waals surface area contributed by atoms with E-state index < -0.39 is 97.5 Å². The Morgan fingerprint density at radius 3 is 0.674 bits per heavy atom. The smallest absolute Gasteiger partial charge is 0.462 e. The zero-order valence-electron chi connectivity index (χ0n) is 60.2. The van der Waals surface area contributed by atoms with Crippen LogP contribution in [-0.2, 0) is 65.4 Å². The predicted molar refractivity (Wildman–Crippen MR) is 372 cm³/mol. The maximum atomic E-state index is 13.0. The van der Waals surface area contributed by atoms with E-state index in [9.17, 15) is 43.2 Å². The van der Waals surface area contributed by atoms with Gasteiger partial charge in [-0.3, -0.25) is 37.3 Å². The molecule has 3 N–H and O–H groups in total. The third-order valence-corrected chi connectivity index (χ3v) is 18.7. The number of phosphoric ester groups is 2. The minimum absolute atomic E-state index is 0.105. The molecule has 0 aromatic rings. The van der Waals surface area contributed by atoms with E-state index in [2.05, 4.69) is 55.4 Å². The van der Waals surface area contributed by atoms with Crippen molar-refractivity contribution in [1.29, 1.82) is 0 Å². The lowest BCUT2D eigenvalue weighted by atomic mass is 10.0. The van der Waals surface area contributed by atoms with Gasteiger partial charge in [0.25, 0.3) is 0 Å². The lowest BCUT2D eigenvalue weighted by Crippen LogP contribution is -2.30. The molecule has 0 aromatic heterocycles. The first-order valence-corrected chi connectivity index (χ1v) is 40.7. The van der Waals surface area contributed by atoms with Gasteiger partial charge in [-0.15, -0.1) is 0 Å². The van der Waals surface area contributed by atoms with Crippen LogP contribution in [0.2, 0.25) is 0 Å². The molecule has 0 heterocycles. The summed E-state index contributed by atoms with van der Waals surface area (Å²) in [6.45, 7) is 14.0. The van der Waals surface area contributed by atoms with Crippen molar-refractivity contribution in [2.75, 3.05) is 39.6 Å². The Bertz CT molecular complexity index is 1820. The zero-order valence-corrected chi connectivity index (χ0v) is 62.0. The highest BCUT2D eigenvalue weighted by Crippen LogP contribution is 2.45. The lowest BCUT2D eigenvalue weighted by Gasteiger charge is -2.21. The monoisotopic (exact) mass is 1350 g/mol. The van der Waals surface area contributed by atoms with E-state index in [-0.39, 0.29) is 25.7 Å². The van der Waals surface area contributed by atoms with Crippen LogP contribution in [0.5, 0.6) is 0 Å². The molecule has 0 saturated heterocycles. The molecule has 17 nitrogen and oxygen atoms in total. The van der Waals surface area contributed by atoms with Crippen LogP contribution in [0.3, 0.4) is 0 Å². The van der Waals surface area contributed by atoms with Crippen molar-refractivity contribution in [3.05, 3.63) is 0 Å². The van der Waals surface area contributed by atoms with Crippen molar-refractivity contribution in [1.82, 2.24) is 0 Å². The summed E-state index contributed by atoms with van der Waals surface area (Å²) in [7, 11) is -9.91. The van der Waals surface area contributed by atoms with Crippen LogP contribution < -0.4 is 0 Å². The number of rotatable bonds is 70. The Balaban J connectivity index is 5.18. The molecule has 3 unspecified atom stereocenters. The van der Waals surface area contributed by atoms with Crippen molar-refractivity contribution < 1.29 is 80.2 Å². The third-order valence-electron chi connectivity index (χ3n) is 16.8. The van der Waals surface area contributed by atoms with Gasteiger partial charge in [-0.05, 0) is 49.4 Å². The van der Waals surface area contributed by atoms with E-state index in [1.54, 1.807) is 0 Å². The van der Waals surface area contributed by atoms with Gasteiger partial charge in [0, 0.05) is 25.7 Å². The van der Waals surface area contributed by atoms with Gasteiger partial charge in [-0.1, -0.05) is 312 Å². The molecule has 19 heteroatoms. The summed E-state index contributed by atoms with van der Waals surface area (Å²) in [6.07, 6.45) is 46.2. The van der Waals surface area contributed by atoms with E-state index in [1.165, 1.54) is 154 Å². The number of esters is 4. The lowest BCUT2D eigenvalue weighted by molar-refractivity contribution is -0.161. The molecule has 0 rings (SSSR count). The number of carbonyl (C=O) groups excluding carboxylic acids is 4. The van der Waals surface area contributed by atoms with Crippen LogP contribution in [0.25, 0.3) is 0 Å². The van der Waals surface area contributed by atoms with Gasteiger partial charge < -0.3 is 33.8 Å². The van der Waals surface area contributed by atoms with Gasteiger partial charge >= 0.3 is 39.5 Å². The second-order valence-corrected chi connectivity index (χ2v) is 31.1. The highest BCUT2D eigenvalue weighted by atomic mass is 31.2. The Kier molecular flexibility index (Phi) is 61.3. The van der Waals surface area contributed by atoms with Crippen LogP contribution in [0.4, 0.5) is 0 Å². The number of phosphoric acid groups is 2. The average Bonchev–Trinajstić information content (AvgIpc) is 3.38. The maximum absolute atomic E-state index is 13.0. The van der Waals surface area contributed by atoms with Gasteiger partial charge in [0.05, 0.1) is 26.4 Å². The molecule has 5 atom stereocenters. The van der Waals surface area contributed by atoms with Crippen molar-refractivity contribution in [2.24, 2.45) is 23.7 Å². The van der Waals surface area contributed by atoms with E-state index in [1.807, 2.05) is 0 Å². The quantitative estimate of drug-likeness (QED) is 0.0222. The summed E-state index contributed by atoms with van der Waals surface area (Å²) in [5.41, 5.74) is 0. The fraction of sp³-hybridized carbons (Fsp3) is 0.945. The number of ether oxygens (including phenoxy) is 4. The first-order chi connectivity index (χ1) is 44.1. The Morgan fingerprint density at radius 2 is 0.457 bits per heavy atom. The highest BCUT2D eigenvalue weighted by molar-refractivity contribution is 7.47. The van der Waals surface area contributed by atoms with Crippen LogP contribution >= 0.6 is 15.6 Å². The van der Waals surface area contributed by atoms with Gasteiger partial charge in [-0.25, -0.2) is 9.13 Å². The molecular weight excluding hydrogens is 1210 g/mol. The fourth-order valence-corrected chi connectivity index (χ4v) is 12.6. The number of hydrogen-bond acceptors (Lipinski definition) is 15. The molecule has 546 valence electrons. The average molecular weight is 1350 g/mol. The summed E-state index contributed by atoms with van der Waals surface area (Å²) >= 11 is 0.